The van der Waals surface area contributed by atoms with Crippen molar-refractivity contribution in [2.75, 3.05) is 0 Å². The second-order valence-corrected chi connectivity index (χ2v) is 7.94. The smallest absolute Gasteiger partial charge is 0.265 e. The molecule has 0 aliphatic carbocycles. The molecule has 2 aromatic carbocycles. The summed E-state index contributed by atoms with van der Waals surface area (Å²) in [4.78, 5) is -0.0382. The van der Waals surface area contributed by atoms with E-state index in [2.05, 4.69) is 22.9 Å². The van der Waals surface area contributed by atoms with E-state index in [0.29, 0.717) is 4.47 Å². The molecule has 3 nitrogen and oxygen atoms in total. The molecule has 0 bridgehead atoms. The fraction of sp³-hybridized carbons (Fsp3) is 0.200. The number of hydrogen-bond donors (Lipinski definition) is 0. The van der Waals surface area contributed by atoms with Gasteiger partial charge in [0.2, 0.25) is 0 Å². The normalized spacial score (nSPS) is 11.4. The van der Waals surface area contributed by atoms with Gasteiger partial charge in [-0.3, -0.25) is 0 Å². The Bertz CT molecular complexity index is 727. The Hall–Kier alpha value is -1.04. The van der Waals surface area contributed by atoms with Crippen LogP contribution in [0.1, 0.15) is 18.1 Å². The van der Waals surface area contributed by atoms with Crippen molar-refractivity contribution < 1.29 is 13.2 Å². The molecule has 0 saturated carbocycles. The molecule has 0 heterocycles. The molecule has 0 aromatic heterocycles. The Morgan fingerprint density at radius 3 is 2.29 bits per heavy atom. The van der Waals surface area contributed by atoms with Crippen LogP contribution in [-0.2, 0) is 22.1 Å². The van der Waals surface area contributed by atoms with Crippen molar-refractivity contribution in [3.05, 3.63) is 58.1 Å². The summed E-state index contributed by atoms with van der Waals surface area (Å²) in [6, 6.07) is 12.7. The minimum Gasteiger partial charge on any atom is -0.487 e. The maximum atomic E-state index is 11.6. The molecule has 2 aromatic rings. The fourth-order valence-corrected chi connectivity index (χ4v) is 3.33. The lowest BCUT2D eigenvalue weighted by Crippen LogP contribution is -2.01. The number of aryl methyl sites for hydroxylation is 1. The molecule has 0 spiro atoms. The van der Waals surface area contributed by atoms with Gasteiger partial charge in [-0.15, -0.1) is 0 Å². The molecular weight excluding hydrogens is 376 g/mol. The molecule has 6 heteroatoms. The highest BCUT2D eigenvalue weighted by Gasteiger charge is 2.17. The van der Waals surface area contributed by atoms with E-state index in [1.807, 2.05) is 24.3 Å². The highest BCUT2D eigenvalue weighted by Crippen LogP contribution is 2.30. The van der Waals surface area contributed by atoms with Crippen LogP contribution in [0.15, 0.2) is 51.8 Å². The van der Waals surface area contributed by atoms with Gasteiger partial charge in [-0.1, -0.05) is 47.1 Å². The van der Waals surface area contributed by atoms with Gasteiger partial charge >= 0.3 is 0 Å². The molecule has 2 rings (SSSR count). The fourth-order valence-electron chi connectivity index (χ4n) is 1.82. The molecular formula is C15H14BrClO3S. The molecule has 0 radical (unpaired) electrons. The number of hydrogen-bond acceptors (Lipinski definition) is 3. The van der Waals surface area contributed by atoms with E-state index in [0.717, 1.165) is 12.0 Å². The number of benzene rings is 2. The lowest BCUT2D eigenvalue weighted by molar-refractivity contribution is 0.298. The minimum atomic E-state index is -3.85. The van der Waals surface area contributed by atoms with Crippen molar-refractivity contribution in [3.8, 4) is 5.75 Å². The van der Waals surface area contributed by atoms with Crippen LogP contribution in [-0.4, -0.2) is 8.42 Å². The predicted molar refractivity (Wildman–Crippen MR) is 87.3 cm³/mol. The zero-order valence-corrected chi connectivity index (χ0v) is 14.5. The number of halogens is 2. The topological polar surface area (TPSA) is 43.4 Å². The van der Waals surface area contributed by atoms with Crippen LogP contribution >= 0.6 is 26.6 Å². The summed E-state index contributed by atoms with van der Waals surface area (Å²) >= 11 is 3.22. The van der Waals surface area contributed by atoms with Crippen LogP contribution in [0.5, 0.6) is 5.75 Å². The van der Waals surface area contributed by atoms with Crippen LogP contribution in [0.25, 0.3) is 0 Å². The summed E-state index contributed by atoms with van der Waals surface area (Å²) < 4.78 is 29.4. The summed E-state index contributed by atoms with van der Waals surface area (Å²) in [5.74, 6) is 0.243. The van der Waals surface area contributed by atoms with Gasteiger partial charge in [0, 0.05) is 15.2 Å². The van der Waals surface area contributed by atoms with Crippen LogP contribution in [0.4, 0.5) is 0 Å². The summed E-state index contributed by atoms with van der Waals surface area (Å²) in [5.41, 5.74) is 2.21. The Kier molecular flexibility index (Phi) is 5.30. The third kappa shape index (κ3) is 4.46. The maximum absolute atomic E-state index is 11.6. The third-order valence-electron chi connectivity index (χ3n) is 2.99. The molecule has 0 atom stereocenters. The zero-order valence-electron chi connectivity index (χ0n) is 11.3. The monoisotopic (exact) mass is 388 g/mol. The lowest BCUT2D eigenvalue weighted by atomic mass is 10.1. The second-order valence-electron chi connectivity index (χ2n) is 4.49. The van der Waals surface area contributed by atoms with Gasteiger partial charge < -0.3 is 4.74 Å². The summed E-state index contributed by atoms with van der Waals surface area (Å²) in [5, 5.41) is 0. The van der Waals surface area contributed by atoms with Crippen molar-refractivity contribution >= 4 is 35.7 Å². The van der Waals surface area contributed by atoms with Gasteiger partial charge in [0.05, 0.1) is 0 Å². The molecule has 21 heavy (non-hydrogen) atoms. The molecule has 0 fully saturated rings. The SMILES string of the molecule is CCc1ccc(COc2ccc(Br)cc2S(=O)(=O)Cl)cc1. The van der Waals surface area contributed by atoms with E-state index in [4.69, 9.17) is 15.4 Å². The van der Waals surface area contributed by atoms with E-state index >= 15 is 0 Å². The Morgan fingerprint density at radius 1 is 1.10 bits per heavy atom. The van der Waals surface area contributed by atoms with Crippen molar-refractivity contribution in [1.29, 1.82) is 0 Å². The van der Waals surface area contributed by atoms with E-state index in [-0.39, 0.29) is 17.3 Å². The third-order valence-corrected chi connectivity index (χ3v) is 4.83. The van der Waals surface area contributed by atoms with Gasteiger partial charge in [-0.05, 0) is 35.7 Å². The first-order chi connectivity index (χ1) is 9.90. The molecule has 0 saturated heterocycles. The van der Waals surface area contributed by atoms with E-state index in [1.165, 1.54) is 11.6 Å². The molecule has 0 aliphatic heterocycles. The Balaban J connectivity index is 2.19. The van der Waals surface area contributed by atoms with Gasteiger partial charge in [0.15, 0.2) is 0 Å². The van der Waals surface area contributed by atoms with E-state index < -0.39 is 9.05 Å². The zero-order chi connectivity index (χ0) is 15.5. The van der Waals surface area contributed by atoms with Crippen LogP contribution in [0.2, 0.25) is 0 Å². The lowest BCUT2D eigenvalue weighted by Gasteiger charge is -2.10. The van der Waals surface area contributed by atoms with Gasteiger partial charge in [0.25, 0.3) is 9.05 Å². The average Bonchev–Trinajstić information content (AvgIpc) is 2.45. The molecule has 112 valence electrons. The highest BCUT2D eigenvalue weighted by molar-refractivity contribution is 9.10. The van der Waals surface area contributed by atoms with Crippen LogP contribution in [0, 0.1) is 0 Å². The number of rotatable bonds is 5. The first kappa shape index (κ1) is 16.3. The average molecular weight is 390 g/mol. The van der Waals surface area contributed by atoms with Crippen molar-refractivity contribution in [2.45, 2.75) is 24.8 Å². The molecule has 0 unspecified atom stereocenters. The Morgan fingerprint density at radius 2 is 1.71 bits per heavy atom. The molecule has 0 aliphatic rings. The second kappa shape index (κ2) is 6.81. The van der Waals surface area contributed by atoms with Crippen molar-refractivity contribution in [3.63, 3.8) is 0 Å². The first-order valence-electron chi connectivity index (χ1n) is 6.35. The summed E-state index contributed by atoms with van der Waals surface area (Å²) in [7, 11) is 1.57. The van der Waals surface area contributed by atoms with Gasteiger partial charge in [0.1, 0.15) is 17.3 Å². The quantitative estimate of drug-likeness (QED) is 0.706. The predicted octanol–water partition coefficient (Wildman–Crippen LogP) is 4.52. The molecule has 0 amide bonds. The van der Waals surface area contributed by atoms with Gasteiger partial charge in [-0.2, -0.15) is 0 Å². The Labute approximate surface area is 137 Å². The van der Waals surface area contributed by atoms with Crippen molar-refractivity contribution in [1.82, 2.24) is 0 Å². The first-order valence-corrected chi connectivity index (χ1v) is 9.45. The largest absolute Gasteiger partial charge is 0.487 e. The maximum Gasteiger partial charge on any atom is 0.265 e. The van der Waals surface area contributed by atoms with Gasteiger partial charge in [-0.25, -0.2) is 8.42 Å². The van der Waals surface area contributed by atoms with Crippen LogP contribution < -0.4 is 4.74 Å². The summed E-state index contributed by atoms with van der Waals surface area (Å²) in [6.07, 6.45) is 0.975. The summed E-state index contributed by atoms with van der Waals surface area (Å²) in [6.45, 7) is 2.37. The van der Waals surface area contributed by atoms with Crippen LogP contribution in [0.3, 0.4) is 0 Å². The highest BCUT2D eigenvalue weighted by atomic mass is 79.9. The van der Waals surface area contributed by atoms with E-state index in [1.54, 1.807) is 12.1 Å². The van der Waals surface area contributed by atoms with Crippen molar-refractivity contribution in [2.24, 2.45) is 0 Å². The molecule has 0 N–H and O–H groups in total. The van der Waals surface area contributed by atoms with E-state index in [9.17, 15) is 8.42 Å². The number of ether oxygens (including phenoxy) is 1. The minimum absolute atomic E-state index is 0.0382. The standard InChI is InChI=1S/C15H14BrClO3S/c1-2-11-3-5-12(6-4-11)10-20-14-8-7-13(16)9-15(14)21(17,18)19/h3-9H,2,10H2,1H3.